The number of methoxy groups -OCH3 is 5. The van der Waals surface area contributed by atoms with Crippen LogP contribution in [0.3, 0.4) is 0 Å². The van der Waals surface area contributed by atoms with Crippen molar-refractivity contribution < 1.29 is 50.8 Å². The Kier molecular flexibility index (Phi) is 11.3. The maximum absolute atomic E-state index is 14.0. The summed E-state index contributed by atoms with van der Waals surface area (Å²) in [5.41, 5.74) is -1.05. The van der Waals surface area contributed by atoms with Crippen molar-refractivity contribution in [2.45, 2.75) is 19.0 Å². The van der Waals surface area contributed by atoms with E-state index in [9.17, 15) is 22.8 Å². The Morgan fingerprint density at radius 3 is 2.06 bits per heavy atom. The Balaban J connectivity index is 1.30. The number of hydrogen-bond acceptors (Lipinski definition) is 10. The molecule has 1 aliphatic heterocycles. The molecule has 4 aromatic rings. The van der Waals surface area contributed by atoms with Gasteiger partial charge in [-0.3, -0.25) is 14.5 Å². The Morgan fingerprint density at radius 2 is 1.46 bits per heavy atom. The standard InChI is InChI=1S/C36H39F3N2O9/c1-44-23-20-26(45-2)30-27(21-23)50-32(22-18-28(46-3)33(48-5)29(19-22)47-4)34(31(30)42)49-17-9-8-12-40-13-15-41(16-14-40)35(43)24-10-6-7-11-25(24)36(37,38)39/h6-7,10-11,18-21H,8-9,12-17H2,1-5H3. The van der Waals surface area contributed by atoms with Gasteiger partial charge in [-0.2, -0.15) is 13.2 Å². The molecular weight excluding hydrogens is 661 g/mol. The quantitative estimate of drug-likeness (QED) is 0.151. The van der Waals surface area contributed by atoms with Gasteiger partial charge in [0.15, 0.2) is 17.3 Å². The Morgan fingerprint density at radius 1 is 0.800 bits per heavy atom. The lowest BCUT2D eigenvalue weighted by atomic mass is 10.1. The molecule has 1 amide bonds. The minimum absolute atomic E-state index is 0.0264. The topological polar surface area (TPSA) is 109 Å². The number of alkyl halides is 3. The van der Waals surface area contributed by atoms with Crippen molar-refractivity contribution in [3.8, 4) is 45.8 Å². The van der Waals surface area contributed by atoms with Crippen molar-refractivity contribution in [2.75, 3.05) is 74.9 Å². The molecule has 11 nitrogen and oxygen atoms in total. The zero-order chi connectivity index (χ0) is 36.0. The summed E-state index contributed by atoms with van der Waals surface area (Å²) in [4.78, 5) is 30.6. The maximum Gasteiger partial charge on any atom is 0.417 e. The van der Waals surface area contributed by atoms with Crippen LogP contribution in [0.1, 0.15) is 28.8 Å². The summed E-state index contributed by atoms with van der Waals surface area (Å²) in [6.45, 7) is 2.51. The highest BCUT2D eigenvalue weighted by molar-refractivity contribution is 5.96. The molecule has 0 N–H and O–H groups in total. The highest BCUT2D eigenvalue weighted by Crippen LogP contribution is 2.44. The van der Waals surface area contributed by atoms with Crippen LogP contribution >= 0.6 is 0 Å². The molecule has 0 unspecified atom stereocenters. The van der Waals surface area contributed by atoms with E-state index in [-0.39, 0.29) is 40.4 Å². The summed E-state index contributed by atoms with van der Waals surface area (Å²) in [6, 6.07) is 11.3. The second-order valence-electron chi connectivity index (χ2n) is 11.4. The van der Waals surface area contributed by atoms with Gasteiger partial charge in [-0.15, -0.1) is 0 Å². The van der Waals surface area contributed by atoms with Crippen molar-refractivity contribution in [3.63, 3.8) is 0 Å². The van der Waals surface area contributed by atoms with Crippen LogP contribution in [0.15, 0.2) is 57.7 Å². The van der Waals surface area contributed by atoms with Crippen LogP contribution < -0.4 is 33.8 Å². The first-order valence-corrected chi connectivity index (χ1v) is 15.9. The smallest absolute Gasteiger partial charge is 0.417 e. The molecule has 268 valence electrons. The Hall–Kier alpha value is -5.11. The summed E-state index contributed by atoms with van der Waals surface area (Å²) in [6.07, 6.45) is -3.34. The molecule has 0 aliphatic carbocycles. The summed E-state index contributed by atoms with van der Waals surface area (Å²) in [5.74, 6) is 1.25. The van der Waals surface area contributed by atoms with E-state index in [1.807, 2.05) is 0 Å². The van der Waals surface area contributed by atoms with Crippen LogP contribution in [0.4, 0.5) is 13.2 Å². The van der Waals surface area contributed by atoms with Gasteiger partial charge >= 0.3 is 6.18 Å². The molecule has 0 spiro atoms. The molecule has 50 heavy (non-hydrogen) atoms. The van der Waals surface area contributed by atoms with Gasteiger partial charge in [-0.25, -0.2) is 0 Å². The number of unbranched alkanes of at least 4 members (excludes halogenated alkanes) is 1. The van der Waals surface area contributed by atoms with Crippen LogP contribution in [0.25, 0.3) is 22.3 Å². The van der Waals surface area contributed by atoms with Crippen LogP contribution in [0.2, 0.25) is 0 Å². The molecule has 14 heteroatoms. The number of rotatable bonds is 13. The van der Waals surface area contributed by atoms with Gasteiger partial charge in [-0.1, -0.05) is 12.1 Å². The predicted octanol–water partition coefficient (Wildman–Crippen LogP) is 6.14. The van der Waals surface area contributed by atoms with Crippen LogP contribution in [0.5, 0.6) is 34.5 Å². The van der Waals surface area contributed by atoms with Gasteiger partial charge in [0.05, 0.1) is 53.3 Å². The Labute approximate surface area is 287 Å². The number of nitrogens with zero attached hydrogens (tertiary/aromatic N) is 2. The fraction of sp³-hybridized carbons (Fsp3) is 0.389. The second kappa shape index (κ2) is 15.6. The third-order valence-corrected chi connectivity index (χ3v) is 8.51. The molecule has 5 rings (SSSR count). The van der Waals surface area contributed by atoms with E-state index in [1.54, 1.807) is 24.3 Å². The van der Waals surface area contributed by atoms with Crippen LogP contribution in [-0.4, -0.2) is 90.6 Å². The fourth-order valence-electron chi connectivity index (χ4n) is 5.93. The largest absolute Gasteiger partial charge is 0.496 e. The molecular formula is C36H39F3N2O9. The molecule has 0 bridgehead atoms. The van der Waals surface area contributed by atoms with Crippen molar-refractivity contribution in [3.05, 3.63) is 69.9 Å². The molecule has 0 saturated carbocycles. The van der Waals surface area contributed by atoms with Gasteiger partial charge < -0.3 is 37.7 Å². The minimum Gasteiger partial charge on any atom is -0.496 e. The van der Waals surface area contributed by atoms with Gasteiger partial charge in [0.1, 0.15) is 22.5 Å². The van der Waals surface area contributed by atoms with Crippen molar-refractivity contribution in [1.29, 1.82) is 0 Å². The molecule has 1 fully saturated rings. The number of carbonyl (C=O) groups is 1. The minimum atomic E-state index is -4.61. The van der Waals surface area contributed by atoms with E-state index in [0.29, 0.717) is 74.1 Å². The number of fused-ring (bicyclic) bond motifs is 1. The van der Waals surface area contributed by atoms with E-state index >= 15 is 0 Å². The summed E-state index contributed by atoms with van der Waals surface area (Å²) in [5, 5.41) is 0.185. The van der Waals surface area contributed by atoms with Crippen molar-refractivity contribution in [2.24, 2.45) is 0 Å². The highest BCUT2D eigenvalue weighted by atomic mass is 19.4. The highest BCUT2D eigenvalue weighted by Gasteiger charge is 2.36. The van der Waals surface area contributed by atoms with E-state index in [1.165, 1.54) is 58.6 Å². The first-order chi connectivity index (χ1) is 24.0. The molecule has 0 radical (unpaired) electrons. The van der Waals surface area contributed by atoms with E-state index in [4.69, 9.17) is 32.8 Å². The number of benzene rings is 3. The number of ether oxygens (including phenoxy) is 6. The van der Waals surface area contributed by atoms with Crippen molar-refractivity contribution in [1.82, 2.24) is 9.80 Å². The summed E-state index contributed by atoms with van der Waals surface area (Å²) in [7, 11) is 7.39. The average molecular weight is 701 g/mol. The molecule has 1 saturated heterocycles. The van der Waals surface area contributed by atoms with Gasteiger partial charge in [0.25, 0.3) is 5.91 Å². The first kappa shape index (κ1) is 36.2. The van der Waals surface area contributed by atoms with E-state index < -0.39 is 23.1 Å². The SMILES string of the molecule is COc1cc(OC)c2c(=O)c(OCCCCN3CCN(C(=O)c4ccccc4C(F)(F)F)CC3)c(-c3cc(OC)c(OC)c(OC)c3)oc2c1. The Bertz CT molecular complexity index is 1860. The number of piperazine rings is 1. The second-order valence-corrected chi connectivity index (χ2v) is 11.4. The lowest BCUT2D eigenvalue weighted by molar-refractivity contribution is -0.138. The predicted molar refractivity (Wildman–Crippen MR) is 179 cm³/mol. The third-order valence-electron chi connectivity index (χ3n) is 8.51. The average Bonchev–Trinajstić information content (AvgIpc) is 3.13. The van der Waals surface area contributed by atoms with Crippen molar-refractivity contribution >= 4 is 16.9 Å². The number of halogens is 3. The van der Waals surface area contributed by atoms with Crippen LogP contribution in [-0.2, 0) is 6.18 Å². The van der Waals surface area contributed by atoms with E-state index in [0.717, 1.165) is 6.07 Å². The lowest BCUT2D eigenvalue weighted by Gasteiger charge is -2.35. The summed E-state index contributed by atoms with van der Waals surface area (Å²) < 4.78 is 80.3. The van der Waals surface area contributed by atoms with Crippen LogP contribution in [0, 0.1) is 0 Å². The van der Waals surface area contributed by atoms with E-state index in [2.05, 4.69) is 4.90 Å². The number of amides is 1. The maximum atomic E-state index is 14.0. The monoisotopic (exact) mass is 700 g/mol. The fourth-order valence-corrected chi connectivity index (χ4v) is 5.93. The van der Waals surface area contributed by atoms with Gasteiger partial charge in [0.2, 0.25) is 16.9 Å². The molecule has 1 aromatic heterocycles. The summed E-state index contributed by atoms with van der Waals surface area (Å²) >= 11 is 0. The molecule has 3 aromatic carbocycles. The third kappa shape index (κ3) is 7.54. The zero-order valence-corrected chi connectivity index (χ0v) is 28.5. The number of hydrogen-bond donors (Lipinski definition) is 0. The number of carbonyl (C=O) groups excluding carboxylic acids is 1. The van der Waals surface area contributed by atoms with Gasteiger partial charge in [0, 0.05) is 43.9 Å². The zero-order valence-electron chi connectivity index (χ0n) is 28.5. The first-order valence-electron chi connectivity index (χ1n) is 15.9. The molecule has 2 heterocycles. The lowest BCUT2D eigenvalue weighted by Crippen LogP contribution is -2.49. The molecule has 1 aliphatic rings. The molecule has 0 atom stereocenters. The normalized spacial score (nSPS) is 13.6. The van der Waals surface area contributed by atoms with Gasteiger partial charge in [-0.05, 0) is 43.7 Å².